The van der Waals surface area contributed by atoms with Gasteiger partial charge >= 0.3 is 6.09 Å². The minimum Gasteiger partial charge on any atom is -0.399 e. The molecule has 2 unspecified atom stereocenters. The normalized spacial score (nSPS) is 20.9. The van der Waals surface area contributed by atoms with Crippen molar-refractivity contribution >= 4 is 40.6 Å². The number of amides is 2. The number of ether oxygens (including phenoxy) is 1. The monoisotopic (exact) mass is 509 g/mol. The van der Waals surface area contributed by atoms with Crippen molar-refractivity contribution in [3.63, 3.8) is 0 Å². The predicted molar refractivity (Wildman–Crippen MR) is 138 cm³/mol. The van der Waals surface area contributed by atoms with Crippen molar-refractivity contribution in [3.05, 3.63) is 76.4 Å². The SMILES string of the molecule is CC(C)(C)c1ccc(C(=O)N2CC3C(C2)C3CN(C(=O)Oc2cccs2)c2ccc(Cl)nc2)cc1. The Balaban J connectivity index is 1.23. The Kier molecular flexibility index (Phi) is 6.32. The summed E-state index contributed by atoms with van der Waals surface area (Å²) in [6.07, 6.45) is 1.15. The second-order valence-corrected chi connectivity index (χ2v) is 11.6. The summed E-state index contributed by atoms with van der Waals surface area (Å²) in [4.78, 5) is 33.8. The number of hydrogen-bond donors (Lipinski definition) is 0. The molecule has 2 aliphatic rings. The van der Waals surface area contributed by atoms with E-state index in [1.54, 1.807) is 29.3 Å². The molecule has 1 aromatic carbocycles. The molecule has 3 heterocycles. The first-order valence-electron chi connectivity index (χ1n) is 11.7. The third-order valence-electron chi connectivity index (χ3n) is 6.98. The summed E-state index contributed by atoms with van der Waals surface area (Å²) in [5.41, 5.74) is 2.64. The van der Waals surface area contributed by atoms with Crippen LogP contribution in [0.5, 0.6) is 5.06 Å². The highest BCUT2D eigenvalue weighted by Gasteiger charge is 2.57. The van der Waals surface area contributed by atoms with Gasteiger partial charge in [-0.1, -0.05) is 44.5 Å². The largest absolute Gasteiger partial charge is 0.420 e. The lowest BCUT2D eigenvalue weighted by atomic mass is 9.86. The van der Waals surface area contributed by atoms with E-state index in [9.17, 15) is 9.59 Å². The van der Waals surface area contributed by atoms with E-state index >= 15 is 0 Å². The van der Waals surface area contributed by atoms with Crippen molar-refractivity contribution in [2.75, 3.05) is 24.5 Å². The van der Waals surface area contributed by atoms with Gasteiger partial charge in [-0.3, -0.25) is 9.69 Å². The summed E-state index contributed by atoms with van der Waals surface area (Å²) in [5, 5.41) is 2.78. The number of likely N-dealkylation sites (tertiary alicyclic amines) is 1. The lowest BCUT2D eigenvalue weighted by Gasteiger charge is -2.25. The Bertz CT molecular complexity index is 1190. The molecule has 0 radical (unpaired) electrons. The number of thiophene rings is 1. The number of pyridine rings is 1. The van der Waals surface area contributed by atoms with Crippen LogP contribution in [0, 0.1) is 17.8 Å². The van der Waals surface area contributed by atoms with Crippen LogP contribution in [-0.4, -0.2) is 41.5 Å². The van der Waals surface area contributed by atoms with Crippen molar-refractivity contribution in [1.29, 1.82) is 0 Å². The van der Waals surface area contributed by atoms with Crippen LogP contribution in [-0.2, 0) is 5.41 Å². The van der Waals surface area contributed by atoms with E-state index in [-0.39, 0.29) is 11.3 Å². The number of benzene rings is 1. The van der Waals surface area contributed by atoms with Crippen LogP contribution in [0.2, 0.25) is 5.15 Å². The molecular weight excluding hydrogens is 482 g/mol. The molecule has 3 aromatic rings. The molecule has 2 atom stereocenters. The molecule has 2 amide bonds. The van der Waals surface area contributed by atoms with E-state index in [0.29, 0.717) is 53.3 Å². The topological polar surface area (TPSA) is 62.7 Å². The summed E-state index contributed by atoms with van der Waals surface area (Å²) in [7, 11) is 0. The second kappa shape index (κ2) is 9.28. The van der Waals surface area contributed by atoms with Gasteiger partial charge in [-0.05, 0) is 70.5 Å². The maximum atomic E-state index is 13.1. The molecule has 35 heavy (non-hydrogen) atoms. The number of hydrogen-bond acceptors (Lipinski definition) is 5. The van der Waals surface area contributed by atoms with E-state index in [4.69, 9.17) is 16.3 Å². The van der Waals surface area contributed by atoms with E-state index in [1.165, 1.54) is 16.9 Å². The van der Waals surface area contributed by atoms with Crippen molar-refractivity contribution in [3.8, 4) is 5.06 Å². The molecule has 182 valence electrons. The summed E-state index contributed by atoms with van der Waals surface area (Å²) in [5.74, 6) is 1.15. The Morgan fingerprint density at radius 1 is 1.11 bits per heavy atom. The van der Waals surface area contributed by atoms with Crippen LogP contribution >= 0.6 is 22.9 Å². The van der Waals surface area contributed by atoms with Crippen LogP contribution in [0.3, 0.4) is 0 Å². The van der Waals surface area contributed by atoms with Crippen LogP contribution in [0.25, 0.3) is 0 Å². The van der Waals surface area contributed by atoms with Gasteiger partial charge in [-0.25, -0.2) is 9.78 Å². The summed E-state index contributed by atoms with van der Waals surface area (Å²) in [6, 6.07) is 15.0. The average molecular weight is 510 g/mol. The highest BCUT2D eigenvalue weighted by molar-refractivity contribution is 7.11. The quantitative estimate of drug-likeness (QED) is 0.389. The minimum absolute atomic E-state index is 0.0558. The fraction of sp³-hybridized carbons (Fsp3) is 0.370. The molecule has 2 fully saturated rings. The van der Waals surface area contributed by atoms with Crippen LogP contribution in [0.15, 0.2) is 60.1 Å². The van der Waals surface area contributed by atoms with Gasteiger partial charge in [0.1, 0.15) is 5.15 Å². The molecule has 1 saturated carbocycles. The van der Waals surface area contributed by atoms with Crippen LogP contribution < -0.4 is 9.64 Å². The predicted octanol–water partition coefficient (Wildman–Crippen LogP) is 6.12. The molecule has 1 aliphatic heterocycles. The maximum Gasteiger partial charge on any atom is 0.420 e. The number of halogens is 1. The second-order valence-electron chi connectivity index (χ2n) is 10.3. The Morgan fingerprint density at radius 3 is 2.40 bits per heavy atom. The Hall–Kier alpha value is -2.90. The molecule has 1 aliphatic carbocycles. The maximum absolute atomic E-state index is 13.1. The molecule has 1 saturated heterocycles. The van der Waals surface area contributed by atoms with Gasteiger partial charge in [0.25, 0.3) is 5.91 Å². The zero-order valence-corrected chi connectivity index (χ0v) is 21.6. The number of aromatic nitrogens is 1. The number of piperidine rings is 1. The zero-order chi connectivity index (χ0) is 24.7. The fourth-order valence-corrected chi connectivity index (χ4v) is 5.55. The first-order valence-corrected chi connectivity index (χ1v) is 13.0. The summed E-state index contributed by atoms with van der Waals surface area (Å²) < 4.78 is 5.58. The third kappa shape index (κ3) is 5.07. The zero-order valence-electron chi connectivity index (χ0n) is 20.0. The number of anilines is 1. The average Bonchev–Trinajstić information content (AvgIpc) is 3.19. The van der Waals surface area contributed by atoms with Gasteiger partial charge in [-0.2, -0.15) is 0 Å². The van der Waals surface area contributed by atoms with Gasteiger partial charge in [0.2, 0.25) is 0 Å². The molecule has 0 bridgehead atoms. The van der Waals surface area contributed by atoms with Crippen molar-refractivity contribution in [2.45, 2.75) is 26.2 Å². The third-order valence-corrected chi connectivity index (χ3v) is 7.95. The number of carbonyl (C=O) groups is 2. The standard InChI is InChI=1S/C27H28ClN3O3S/c1-27(2,3)18-8-6-17(7-9-18)25(32)30-14-20-21(15-30)22(20)16-31(19-10-11-23(28)29-13-19)26(33)34-24-5-4-12-35-24/h4-13,20-22H,14-16H2,1-3H3. The number of nitrogens with zero attached hydrogens (tertiary/aromatic N) is 3. The number of rotatable bonds is 5. The van der Waals surface area contributed by atoms with Crippen LogP contribution in [0.4, 0.5) is 10.5 Å². The van der Waals surface area contributed by atoms with Crippen molar-refractivity contribution in [2.24, 2.45) is 17.8 Å². The van der Waals surface area contributed by atoms with E-state index in [1.807, 2.05) is 40.6 Å². The van der Waals surface area contributed by atoms with Gasteiger partial charge in [0.05, 0.1) is 11.9 Å². The van der Waals surface area contributed by atoms with Crippen molar-refractivity contribution in [1.82, 2.24) is 9.88 Å². The molecule has 2 aromatic heterocycles. The van der Waals surface area contributed by atoms with E-state index in [2.05, 4.69) is 25.8 Å². The number of carbonyl (C=O) groups excluding carboxylic acids is 2. The van der Waals surface area contributed by atoms with Gasteiger partial charge < -0.3 is 9.64 Å². The summed E-state index contributed by atoms with van der Waals surface area (Å²) in [6.45, 7) is 8.43. The molecule has 0 spiro atoms. The van der Waals surface area contributed by atoms with E-state index in [0.717, 1.165) is 5.56 Å². The highest BCUT2D eigenvalue weighted by Crippen LogP contribution is 2.52. The first-order chi connectivity index (χ1) is 16.7. The first kappa shape index (κ1) is 23.8. The molecule has 6 nitrogen and oxygen atoms in total. The van der Waals surface area contributed by atoms with Gasteiger partial charge in [0, 0.05) is 25.2 Å². The fourth-order valence-electron chi connectivity index (χ4n) is 4.87. The molecule has 8 heteroatoms. The lowest BCUT2D eigenvalue weighted by molar-refractivity contribution is 0.0768. The molecule has 0 N–H and O–H groups in total. The van der Waals surface area contributed by atoms with Crippen molar-refractivity contribution < 1.29 is 14.3 Å². The van der Waals surface area contributed by atoms with E-state index < -0.39 is 6.09 Å². The summed E-state index contributed by atoms with van der Waals surface area (Å²) >= 11 is 7.32. The van der Waals surface area contributed by atoms with Gasteiger partial charge in [-0.15, -0.1) is 11.3 Å². The molecular formula is C27H28ClN3O3S. The smallest absolute Gasteiger partial charge is 0.399 e. The Morgan fingerprint density at radius 2 is 1.83 bits per heavy atom. The highest BCUT2D eigenvalue weighted by atomic mass is 35.5. The van der Waals surface area contributed by atoms with Gasteiger partial charge in [0.15, 0.2) is 5.06 Å². The molecule has 5 rings (SSSR count). The van der Waals surface area contributed by atoms with Crippen LogP contribution in [0.1, 0.15) is 36.7 Å². The number of fused-ring (bicyclic) bond motifs is 1. The minimum atomic E-state index is -0.437. The lowest BCUT2D eigenvalue weighted by Crippen LogP contribution is -2.38. The Labute approximate surface area is 214 Å².